The molecule has 6 nitrogen and oxygen atoms in total. The number of H-pyrrole nitrogens is 1. The zero-order valence-electron chi connectivity index (χ0n) is 12.0. The fraction of sp³-hybridized carbons (Fsp3) is 0.462. The van der Waals surface area contributed by atoms with E-state index in [1.807, 2.05) is 26.8 Å². The van der Waals surface area contributed by atoms with Gasteiger partial charge >= 0.3 is 0 Å². The average molecular weight is 294 g/mol. The van der Waals surface area contributed by atoms with Gasteiger partial charge in [-0.3, -0.25) is 4.79 Å². The van der Waals surface area contributed by atoms with E-state index in [9.17, 15) is 4.79 Å². The molecule has 0 bridgehead atoms. The van der Waals surface area contributed by atoms with Gasteiger partial charge in [0.2, 0.25) is 10.7 Å². The number of rotatable bonds is 5. The highest BCUT2D eigenvalue weighted by Crippen LogP contribution is 2.24. The fourth-order valence-corrected chi connectivity index (χ4v) is 2.36. The van der Waals surface area contributed by atoms with E-state index in [1.165, 1.54) is 11.5 Å². The van der Waals surface area contributed by atoms with Crippen LogP contribution >= 0.6 is 11.5 Å². The van der Waals surface area contributed by atoms with Crippen molar-refractivity contribution < 1.29 is 4.74 Å². The zero-order valence-corrected chi connectivity index (χ0v) is 12.8. The van der Waals surface area contributed by atoms with Crippen molar-refractivity contribution in [3.05, 3.63) is 39.6 Å². The molecular weight excluding hydrogens is 276 g/mol. The van der Waals surface area contributed by atoms with Gasteiger partial charge in [0.15, 0.2) is 5.82 Å². The Hall–Kier alpha value is -1.73. The SMILES string of the molecule is COC(C)(C)c1nsc(NCc2cc(C)[nH]c(=O)c2)n1. The van der Waals surface area contributed by atoms with Crippen molar-refractivity contribution in [3.63, 3.8) is 0 Å². The quantitative estimate of drug-likeness (QED) is 0.882. The molecule has 20 heavy (non-hydrogen) atoms. The van der Waals surface area contributed by atoms with E-state index in [1.54, 1.807) is 13.2 Å². The van der Waals surface area contributed by atoms with Gasteiger partial charge < -0.3 is 15.0 Å². The van der Waals surface area contributed by atoms with Gasteiger partial charge in [0.25, 0.3) is 0 Å². The molecule has 7 heteroatoms. The number of pyridine rings is 1. The van der Waals surface area contributed by atoms with Crippen molar-refractivity contribution in [2.75, 3.05) is 12.4 Å². The highest BCUT2D eigenvalue weighted by molar-refractivity contribution is 7.09. The molecule has 0 fully saturated rings. The third kappa shape index (κ3) is 3.43. The van der Waals surface area contributed by atoms with E-state index in [0.29, 0.717) is 17.5 Å². The number of hydrogen-bond donors (Lipinski definition) is 2. The second kappa shape index (κ2) is 5.72. The second-order valence-electron chi connectivity index (χ2n) is 5.03. The number of methoxy groups -OCH3 is 1. The van der Waals surface area contributed by atoms with Crippen LogP contribution in [0.1, 0.15) is 30.9 Å². The van der Waals surface area contributed by atoms with E-state index in [4.69, 9.17) is 4.74 Å². The van der Waals surface area contributed by atoms with Crippen molar-refractivity contribution in [3.8, 4) is 0 Å². The lowest BCUT2D eigenvalue weighted by molar-refractivity contribution is 0.0126. The first-order valence-electron chi connectivity index (χ1n) is 6.24. The van der Waals surface area contributed by atoms with E-state index in [0.717, 1.165) is 11.3 Å². The van der Waals surface area contributed by atoms with Crippen LogP contribution in [0.5, 0.6) is 0 Å². The largest absolute Gasteiger partial charge is 0.371 e. The highest BCUT2D eigenvalue weighted by Gasteiger charge is 2.24. The van der Waals surface area contributed by atoms with Crippen molar-refractivity contribution >= 4 is 16.7 Å². The summed E-state index contributed by atoms with van der Waals surface area (Å²) in [5.41, 5.74) is 1.15. The minimum atomic E-state index is -0.503. The molecule has 2 N–H and O–H groups in total. The first-order valence-corrected chi connectivity index (χ1v) is 7.01. The summed E-state index contributed by atoms with van der Waals surface area (Å²) in [6.45, 7) is 6.22. The summed E-state index contributed by atoms with van der Waals surface area (Å²) in [7, 11) is 1.63. The standard InChI is InChI=1S/C13H18N4O2S/c1-8-5-9(6-10(18)15-8)7-14-12-16-11(17-20-12)13(2,3)19-4/h5-6H,7H2,1-4H3,(H,15,18)(H,14,16,17). The molecule has 0 atom stereocenters. The van der Waals surface area contributed by atoms with Crippen LogP contribution in [0, 0.1) is 6.92 Å². The fourth-order valence-electron chi connectivity index (χ4n) is 1.67. The van der Waals surface area contributed by atoms with E-state index in [-0.39, 0.29) is 5.56 Å². The van der Waals surface area contributed by atoms with Crippen molar-refractivity contribution in [1.29, 1.82) is 0 Å². The lowest BCUT2D eigenvalue weighted by Crippen LogP contribution is -2.21. The molecule has 0 unspecified atom stereocenters. The minimum absolute atomic E-state index is 0.0970. The van der Waals surface area contributed by atoms with Gasteiger partial charge in [-0.05, 0) is 32.4 Å². The van der Waals surface area contributed by atoms with Crippen LogP contribution in [0.3, 0.4) is 0 Å². The Labute approximate surface area is 121 Å². The molecule has 2 aromatic rings. The molecule has 0 aliphatic carbocycles. The molecule has 108 valence electrons. The molecule has 0 saturated heterocycles. The third-order valence-corrected chi connectivity index (χ3v) is 3.63. The number of aromatic amines is 1. The van der Waals surface area contributed by atoms with E-state index >= 15 is 0 Å². The van der Waals surface area contributed by atoms with Crippen molar-refractivity contribution in [2.24, 2.45) is 0 Å². The predicted molar refractivity (Wildman–Crippen MR) is 79.1 cm³/mol. The van der Waals surface area contributed by atoms with Crippen LogP contribution < -0.4 is 10.9 Å². The van der Waals surface area contributed by atoms with Crippen LogP contribution in [0.4, 0.5) is 5.13 Å². The van der Waals surface area contributed by atoms with Gasteiger partial charge in [-0.1, -0.05) is 0 Å². The number of nitrogens with zero attached hydrogens (tertiary/aromatic N) is 2. The molecular formula is C13H18N4O2S. The van der Waals surface area contributed by atoms with Crippen molar-refractivity contribution in [2.45, 2.75) is 32.9 Å². The molecule has 2 rings (SSSR count). The van der Waals surface area contributed by atoms with Gasteiger partial charge in [-0.15, -0.1) is 0 Å². The van der Waals surface area contributed by atoms with Gasteiger partial charge in [-0.2, -0.15) is 4.37 Å². The molecule has 2 heterocycles. The Kier molecular flexibility index (Phi) is 4.20. The highest BCUT2D eigenvalue weighted by atomic mass is 32.1. The van der Waals surface area contributed by atoms with Crippen LogP contribution in [-0.4, -0.2) is 21.5 Å². The Morgan fingerprint density at radius 1 is 1.45 bits per heavy atom. The van der Waals surface area contributed by atoms with Gasteiger partial charge in [0, 0.05) is 36.9 Å². The molecule has 0 spiro atoms. The summed E-state index contributed by atoms with van der Waals surface area (Å²) in [6.07, 6.45) is 0. The van der Waals surface area contributed by atoms with Crippen LogP contribution in [-0.2, 0) is 16.9 Å². The molecule has 0 amide bonds. The first kappa shape index (κ1) is 14.7. The van der Waals surface area contributed by atoms with Crippen LogP contribution in [0.2, 0.25) is 0 Å². The van der Waals surface area contributed by atoms with E-state index < -0.39 is 5.60 Å². The smallest absolute Gasteiger partial charge is 0.248 e. The summed E-state index contributed by atoms with van der Waals surface area (Å²) in [5, 5.41) is 3.88. The molecule has 0 aliphatic heterocycles. The molecule has 0 saturated carbocycles. The molecule has 0 radical (unpaired) electrons. The number of ether oxygens (including phenoxy) is 1. The Morgan fingerprint density at radius 2 is 2.20 bits per heavy atom. The summed E-state index contributed by atoms with van der Waals surface area (Å²) in [5.74, 6) is 0.648. The maximum Gasteiger partial charge on any atom is 0.248 e. The van der Waals surface area contributed by atoms with Crippen molar-refractivity contribution in [1.82, 2.24) is 14.3 Å². The van der Waals surface area contributed by atoms with Gasteiger partial charge in [0.05, 0.1) is 0 Å². The average Bonchev–Trinajstić information content (AvgIpc) is 2.85. The Bertz CT molecular complexity index is 648. The lowest BCUT2D eigenvalue weighted by atomic mass is 10.1. The first-order chi connectivity index (χ1) is 9.40. The maximum atomic E-state index is 11.4. The number of aromatic nitrogens is 3. The normalized spacial score (nSPS) is 11.6. The lowest BCUT2D eigenvalue weighted by Gasteiger charge is -2.18. The summed E-state index contributed by atoms with van der Waals surface area (Å²) >= 11 is 1.28. The maximum absolute atomic E-state index is 11.4. The zero-order chi connectivity index (χ0) is 14.8. The Morgan fingerprint density at radius 3 is 2.85 bits per heavy atom. The number of nitrogens with one attached hydrogen (secondary N) is 2. The van der Waals surface area contributed by atoms with Crippen LogP contribution in [0.25, 0.3) is 0 Å². The summed E-state index contributed by atoms with van der Waals surface area (Å²) < 4.78 is 9.62. The number of aryl methyl sites for hydroxylation is 1. The minimum Gasteiger partial charge on any atom is -0.371 e. The predicted octanol–water partition coefficient (Wildman–Crippen LogP) is 2.03. The monoisotopic (exact) mass is 294 g/mol. The Balaban J connectivity index is 2.06. The topological polar surface area (TPSA) is 79.9 Å². The molecule has 2 aromatic heterocycles. The molecule has 0 aromatic carbocycles. The second-order valence-corrected chi connectivity index (χ2v) is 5.78. The van der Waals surface area contributed by atoms with E-state index in [2.05, 4.69) is 19.7 Å². The number of anilines is 1. The van der Waals surface area contributed by atoms with Gasteiger partial charge in [0.1, 0.15) is 5.60 Å². The molecule has 0 aliphatic rings. The number of hydrogen-bond acceptors (Lipinski definition) is 6. The van der Waals surface area contributed by atoms with Gasteiger partial charge in [-0.25, -0.2) is 4.98 Å². The summed E-state index contributed by atoms with van der Waals surface area (Å²) in [6, 6.07) is 3.50. The summed E-state index contributed by atoms with van der Waals surface area (Å²) in [4.78, 5) is 18.5. The van der Waals surface area contributed by atoms with Crippen LogP contribution in [0.15, 0.2) is 16.9 Å². The third-order valence-electron chi connectivity index (χ3n) is 2.96.